The lowest BCUT2D eigenvalue weighted by atomic mass is 9.92. The summed E-state index contributed by atoms with van der Waals surface area (Å²) in [6, 6.07) is 10.8. The highest BCUT2D eigenvalue weighted by Crippen LogP contribution is 2.29. The molecule has 2 atom stereocenters. The van der Waals surface area contributed by atoms with Gasteiger partial charge in [-0.3, -0.25) is 4.99 Å². The summed E-state index contributed by atoms with van der Waals surface area (Å²) in [6.07, 6.45) is 0.908. The molecular formula is C11H14N2. The molecule has 0 fully saturated rings. The second-order valence-corrected chi connectivity index (χ2v) is 3.58. The van der Waals surface area contributed by atoms with Crippen molar-refractivity contribution in [2.75, 3.05) is 0 Å². The first-order valence-electron chi connectivity index (χ1n) is 4.64. The molecule has 2 heteroatoms. The van der Waals surface area contributed by atoms with Crippen molar-refractivity contribution in [2.24, 2.45) is 10.7 Å². The summed E-state index contributed by atoms with van der Waals surface area (Å²) in [5, 5.41) is 0. The highest BCUT2D eigenvalue weighted by molar-refractivity contribution is 5.83. The van der Waals surface area contributed by atoms with Gasteiger partial charge in [0.1, 0.15) is 0 Å². The van der Waals surface area contributed by atoms with Gasteiger partial charge in [-0.15, -0.1) is 0 Å². The standard InChI is InChI=1S/C11H14N2/c1-8-10(7-11(12)13-8)9-5-3-2-4-6-9/h2-6,8,10H,7H2,1H3,(H2,12,13)/t8-,10+/m1/s1. The van der Waals surface area contributed by atoms with E-state index in [1.165, 1.54) is 5.56 Å². The first-order chi connectivity index (χ1) is 6.27. The Morgan fingerprint density at radius 1 is 1.31 bits per heavy atom. The van der Waals surface area contributed by atoms with Crippen LogP contribution in [0.15, 0.2) is 35.3 Å². The van der Waals surface area contributed by atoms with Crippen molar-refractivity contribution in [1.82, 2.24) is 0 Å². The van der Waals surface area contributed by atoms with E-state index < -0.39 is 0 Å². The van der Waals surface area contributed by atoms with Crippen LogP contribution in [0.3, 0.4) is 0 Å². The van der Waals surface area contributed by atoms with Gasteiger partial charge < -0.3 is 5.73 Å². The van der Waals surface area contributed by atoms with E-state index in [1.807, 2.05) is 6.07 Å². The molecule has 0 spiro atoms. The van der Waals surface area contributed by atoms with Crippen LogP contribution in [0, 0.1) is 0 Å². The summed E-state index contributed by atoms with van der Waals surface area (Å²) < 4.78 is 0. The molecular weight excluding hydrogens is 160 g/mol. The molecule has 0 saturated carbocycles. The molecule has 2 nitrogen and oxygen atoms in total. The smallest absolute Gasteiger partial charge is 0.0947 e. The second-order valence-electron chi connectivity index (χ2n) is 3.58. The van der Waals surface area contributed by atoms with Crippen molar-refractivity contribution < 1.29 is 0 Å². The van der Waals surface area contributed by atoms with Crippen LogP contribution in [0.4, 0.5) is 0 Å². The van der Waals surface area contributed by atoms with Crippen molar-refractivity contribution in [2.45, 2.75) is 25.3 Å². The molecule has 1 aromatic carbocycles. The molecule has 1 aliphatic rings. The molecule has 1 aromatic rings. The van der Waals surface area contributed by atoms with Crippen molar-refractivity contribution in [3.63, 3.8) is 0 Å². The van der Waals surface area contributed by atoms with Crippen LogP contribution in [0.2, 0.25) is 0 Å². The lowest BCUT2D eigenvalue weighted by molar-refractivity contribution is 0.628. The molecule has 1 heterocycles. The van der Waals surface area contributed by atoms with Crippen molar-refractivity contribution in [3.05, 3.63) is 35.9 Å². The molecule has 2 N–H and O–H groups in total. The van der Waals surface area contributed by atoms with Gasteiger partial charge in [-0.2, -0.15) is 0 Å². The Bertz CT molecular complexity index is 316. The molecule has 0 aromatic heterocycles. The molecule has 2 rings (SSSR count). The molecule has 0 unspecified atom stereocenters. The average molecular weight is 174 g/mol. The Labute approximate surface area is 78.5 Å². The Kier molecular flexibility index (Phi) is 2.05. The summed E-state index contributed by atoms with van der Waals surface area (Å²) >= 11 is 0. The first kappa shape index (κ1) is 8.30. The maximum atomic E-state index is 5.70. The normalized spacial score (nSPS) is 27.3. The van der Waals surface area contributed by atoms with E-state index in [0.29, 0.717) is 12.0 Å². The first-order valence-corrected chi connectivity index (χ1v) is 4.64. The summed E-state index contributed by atoms with van der Waals surface area (Å²) in [7, 11) is 0. The number of nitrogens with zero attached hydrogens (tertiary/aromatic N) is 1. The highest BCUT2D eigenvalue weighted by atomic mass is 14.9. The molecule has 0 bridgehead atoms. The highest BCUT2D eigenvalue weighted by Gasteiger charge is 2.25. The van der Waals surface area contributed by atoms with Crippen LogP contribution >= 0.6 is 0 Å². The fraction of sp³-hybridized carbons (Fsp3) is 0.364. The topological polar surface area (TPSA) is 38.4 Å². The van der Waals surface area contributed by atoms with E-state index in [0.717, 1.165) is 12.3 Å². The average Bonchev–Trinajstić information content (AvgIpc) is 2.47. The number of rotatable bonds is 1. The van der Waals surface area contributed by atoms with Gasteiger partial charge in [0.05, 0.1) is 11.9 Å². The van der Waals surface area contributed by atoms with E-state index in [2.05, 4.69) is 36.2 Å². The zero-order valence-electron chi connectivity index (χ0n) is 7.77. The van der Waals surface area contributed by atoms with Gasteiger partial charge in [0.25, 0.3) is 0 Å². The summed E-state index contributed by atoms with van der Waals surface area (Å²) in [6.45, 7) is 2.12. The number of hydrogen-bond acceptors (Lipinski definition) is 2. The SMILES string of the molecule is C[C@H]1N=C(N)C[C@@H]1c1ccccc1. The van der Waals surface area contributed by atoms with Crippen molar-refractivity contribution >= 4 is 5.84 Å². The fourth-order valence-corrected chi connectivity index (χ4v) is 1.90. The number of benzene rings is 1. The van der Waals surface area contributed by atoms with Gasteiger partial charge in [0.2, 0.25) is 0 Å². The Hall–Kier alpha value is -1.31. The third-order valence-corrected chi connectivity index (χ3v) is 2.61. The minimum atomic E-state index is 0.336. The number of nitrogens with two attached hydrogens (primary N) is 1. The zero-order chi connectivity index (χ0) is 9.26. The maximum Gasteiger partial charge on any atom is 0.0947 e. The Morgan fingerprint density at radius 3 is 2.54 bits per heavy atom. The van der Waals surface area contributed by atoms with Gasteiger partial charge in [-0.25, -0.2) is 0 Å². The maximum absolute atomic E-state index is 5.70. The minimum absolute atomic E-state index is 0.336. The van der Waals surface area contributed by atoms with Crippen LogP contribution in [0.5, 0.6) is 0 Å². The second kappa shape index (κ2) is 3.21. The van der Waals surface area contributed by atoms with Crippen LogP contribution in [0.1, 0.15) is 24.8 Å². The van der Waals surface area contributed by atoms with Crippen molar-refractivity contribution in [1.29, 1.82) is 0 Å². The van der Waals surface area contributed by atoms with Crippen LogP contribution < -0.4 is 5.73 Å². The molecule has 68 valence electrons. The summed E-state index contributed by atoms with van der Waals surface area (Å²) in [4.78, 5) is 4.34. The molecule has 13 heavy (non-hydrogen) atoms. The zero-order valence-corrected chi connectivity index (χ0v) is 7.77. The van der Waals surface area contributed by atoms with Crippen LogP contribution in [-0.2, 0) is 0 Å². The monoisotopic (exact) mass is 174 g/mol. The molecule has 0 saturated heterocycles. The van der Waals surface area contributed by atoms with Gasteiger partial charge in [0, 0.05) is 12.3 Å². The van der Waals surface area contributed by atoms with Gasteiger partial charge in [0.15, 0.2) is 0 Å². The van der Waals surface area contributed by atoms with Gasteiger partial charge in [-0.1, -0.05) is 30.3 Å². The number of aliphatic imine (C=N–C) groups is 1. The van der Waals surface area contributed by atoms with E-state index >= 15 is 0 Å². The van der Waals surface area contributed by atoms with E-state index in [4.69, 9.17) is 5.73 Å². The summed E-state index contributed by atoms with van der Waals surface area (Å²) in [5.41, 5.74) is 7.05. The molecule has 0 aliphatic carbocycles. The summed E-state index contributed by atoms with van der Waals surface area (Å²) in [5.74, 6) is 1.28. The predicted molar refractivity (Wildman–Crippen MR) is 54.9 cm³/mol. The lowest BCUT2D eigenvalue weighted by Gasteiger charge is -2.13. The quantitative estimate of drug-likeness (QED) is 0.694. The lowest BCUT2D eigenvalue weighted by Crippen LogP contribution is -2.10. The van der Waals surface area contributed by atoms with Crippen molar-refractivity contribution in [3.8, 4) is 0 Å². The largest absolute Gasteiger partial charge is 0.387 e. The Balaban J connectivity index is 2.21. The van der Waals surface area contributed by atoms with E-state index in [9.17, 15) is 0 Å². The molecule has 0 amide bonds. The fourth-order valence-electron chi connectivity index (χ4n) is 1.90. The Morgan fingerprint density at radius 2 is 2.00 bits per heavy atom. The third kappa shape index (κ3) is 1.57. The number of amidine groups is 1. The van der Waals surface area contributed by atoms with Crippen LogP contribution in [0.25, 0.3) is 0 Å². The van der Waals surface area contributed by atoms with E-state index in [1.54, 1.807) is 0 Å². The third-order valence-electron chi connectivity index (χ3n) is 2.61. The van der Waals surface area contributed by atoms with Crippen LogP contribution in [-0.4, -0.2) is 11.9 Å². The molecule has 0 radical (unpaired) electrons. The minimum Gasteiger partial charge on any atom is -0.387 e. The van der Waals surface area contributed by atoms with Gasteiger partial charge in [-0.05, 0) is 12.5 Å². The molecule has 1 aliphatic heterocycles. The van der Waals surface area contributed by atoms with E-state index in [-0.39, 0.29) is 0 Å². The van der Waals surface area contributed by atoms with Gasteiger partial charge >= 0.3 is 0 Å². The predicted octanol–water partition coefficient (Wildman–Crippen LogP) is 1.92. The number of hydrogen-bond donors (Lipinski definition) is 1.